The molecule has 3 nitrogen and oxygen atoms in total. The van der Waals surface area contributed by atoms with E-state index in [1.807, 2.05) is 18.2 Å². The maximum absolute atomic E-state index is 12.3. The number of hydrogen-bond acceptors (Lipinski definition) is 2. The van der Waals surface area contributed by atoms with Crippen LogP contribution in [-0.4, -0.2) is 11.7 Å². The lowest BCUT2D eigenvalue weighted by Crippen LogP contribution is -2.16. The van der Waals surface area contributed by atoms with Gasteiger partial charge in [-0.2, -0.15) is 0 Å². The minimum Gasteiger partial charge on any atom is -0.369 e. The SMILES string of the molecule is NC(=O)Cc1ccccc1C(=O)c1ccccc1. The molecule has 0 saturated heterocycles. The average molecular weight is 239 g/mol. The predicted molar refractivity (Wildman–Crippen MR) is 69.2 cm³/mol. The van der Waals surface area contributed by atoms with Gasteiger partial charge in [-0.1, -0.05) is 54.6 Å². The van der Waals surface area contributed by atoms with Crippen molar-refractivity contribution in [1.82, 2.24) is 0 Å². The van der Waals surface area contributed by atoms with E-state index < -0.39 is 5.91 Å². The van der Waals surface area contributed by atoms with E-state index in [2.05, 4.69) is 0 Å². The lowest BCUT2D eigenvalue weighted by molar-refractivity contribution is -0.117. The molecule has 2 aromatic rings. The number of benzene rings is 2. The molecule has 18 heavy (non-hydrogen) atoms. The fourth-order valence-electron chi connectivity index (χ4n) is 1.83. The highest BCUT2D eigenvalue weighted by molar-refractivity contribution is 6.10. The summed E-state index contributed by atoms with van der Waals surface area (Å²) in [7, 11) is 0. The number of nitrogens with two attached hydrogens (primary N) is 1. The van der Waals surface area contributed by atoms with Gasteiger partial charge in [0.05, 0.1) is 6.42 Å². The number of hydrogen-bond donors (Lipinski definition) is 1. The number of rotatable bonds is 4. The summed E-state index contributed by atoms with van der Waals surface area (Å²) in [6, 6.07) is 16.0. The third-order valence-corrected chi connectivity index (χ3v) is 2.66. The van der Waals surface area contributed by atoms with Gasteiger partial charge < -0.3 is 5.73 Å². The molecule has 0 spiro atoms. The van der Waals surface area contributed by atoms with E-state index in [-0.39, 0.29) is 12.2 Å². The summed E-state index contributed by atoms with van der Waals surface area (Å²) < 4.78 is 0. The molecule has 2 N–H and O–H groups in total. The van der Waals surface area contributed by atoms with Crippen LogP contribution in [0.3, 0.4) is 0 Å². The maximum atomic E-state index is 12.3. The molecule has 90 valence electrons. The molecule has 0 bridgehead atoms. The third-order valence-electron chi connectivity index (χ3n) is 2.66. The van der Waals surface area contributed by atoms with Crippen molar-refractivity contribution in [2.75, 3.05) is 0 Å². The Labute approximate surface area is 105 Å². The van der Waals surface area contributed by atoms with Crippen molar-refractivity contribution in [2.24, 2.45) is 5.73 Å². The minimum absolute atomic E-state index is 0.0781. The van der Waals surface area contributed by atoms with Gasteiger partial charge in [-0.15, -0.1) is 0 Å². The molecular formula is C15H13NO2. The number of carbonyl (C=O) groups excluding carboxylic acids is 2. The van der Waals surface area contributed by atoms with Gasteiger partial charge in [0.1, 0.15) is 0 Å². The van der Waals surface area contributed by atoms with Crippen LogP contribution < -0.4 is 5.73 Å². The number of amides is 1. The van der Waals surface area contributed by atoms with E-state index in [1.54, 1.807) is 36.4 Å². The molecule has 3 heteroatoms. The second-order valence-corrected chi connectivity index (χ2v) is 4.00. The lowest BCUT2D eigenvalue weighted by atomic mass is 9.96. The van der Waals surface area contributed by atoms with Gasteiger partial charge in [0.25, 0.3) is 0 Å². The first-order chi connectivity index (χ1) is 8.68. The zero-order valence-electron chi connectivity index (χ0n) is 9.80. The Hall–Kier alpha value is -2.42. The zero-order chi connectivity index (χ0) is 13.0. The number of carbonyl (C=O) groups is 2. The van der Waals surface area contributed by atoms with E-state index in [4.69, 9.17) is 5.73 Å². The number of primary amides is 1. The largest absolute Gasteiger partial charge is 0.369 e. The molecule has 0 aliphatic heterocycles. The molecule has 0 aromatic heterocycles. The Balaban J connectivity index is 2.39. The first-order valence-electron chi connectivity index (χ1n) is 5.64. The normalized spacial score (nSPS) is 10.0. The number of ketones is 1. The van der Waals surface area contributed by atoms with Crippen molar-refractivity contribution < 1.29 is 9.59 Å². The maximum Gasteiger partial charge on any atom is 0.221 e. The van der Waals surface area contributed by atoms with Crippen LogP contribution in [0.4, 0.5) is 0 Å². The fraction of sp³-hybridized carbons (Fsp3) is 0.0667. The highest BCUT2D eigenvalue weighted by Gasteiger charge is 2.13. The van der Waals surface area contributed by atoms with Gasteiger partial charge in [0, 0.05) is 11.1 Å². The van der Waals surface area contributed by atoms with Crippen LogP contribution in [0.5, 0.6) is 0 Å². The zero-order valence-corrected chi connectivity index (χ0v) is 9.80. The van der Waals surface area contributed by atoms with Crippen LogP contribution in [0.2, 0.25) is 0 Å². The van der Waals surface area contributed by atoms with Crippen LogP contribution in [0.25, 0.3) is 0 Å². The van der Waals surface area contributed by atoms with E-state index in [1.165, 1.54) is 0 Å². The van der Waals surface area contributed by atoms with Crippen LogP contribution in [-0.2, 0) is 11.2 Å². The smallest absolute Gasteiger partial charge is 0.221 e. The molecule has 0 atom stereocenters. The Morgan fingerprint density at radius 3 is 2.17 bits per heavy atom. The highest BCUT2D eigenvalue weighted by Crippen LogP contribution is 2.15. The first kappa shape index (κ1) is 12.0. The predicted octanol–water partition coefficient (Wildman–Crippen LogP) is 1.95. The van der Waals surface area contributed by atoms with Crippen molar-refractivity contribution in [3.63, 3.8) is 0 Å². The Bertz CT molecular complexity index is 576. The molecule has 2 rings (SSSR count). The van der Waals surface area contributed by atoms with Gasteiger partial charge in [-0.05, 0) is 5.56 Å². The molecular weight excluding hydrogens is 226 g/mol. The summed E-state index contributed by atoms with van der Waals surface area (Å²) in [5.41, 5.74) is 6.98. The minimum atomic E-state index is -0.441. The van der Waals surface area contributed by atoms with Gasteiger partial charge in [-0.25, -0.2) is 0 Å². The summed E-state index contributed by atoms with van der Waals surface area (Å²) in [6.07, 6.45) is 0.0781. The Morgan fingerprint density at radius 2 is 1.50 bits per heavy atom. The van der Waals surface area contributed by atoms with Crippen LogP contribution in [0, 0.1) is 0 Å². The van der Waals surface area contributed by atoms with Crippen molar-refractivity contribution >= 4 is 11.7 Å². The molecule has 0 aliphatic carbocycles. The second-order valence-electron chi connectivity index (χ2n) is 4.00. The summed E-state index contributed by atoms with van der Waals surface area (Å²) in [4.78, 5) is 23.3. The molecule has 0 saturated carbocycles. The molecule has 0 unspecified atom stereocenters. The van der Waals surface area contributed by atoms with E-state index in [0.29, 0.717) is 16.7 Å². The second kappa shape index (κ2) is 5.27. The van der Waals surface area contributed by atoms with Crippen LogP contribution >= 0.6 is 0 Å². The van der Waals surface area contributed by atoms with E-state index in [9.17, 15) is 9.59 Å². The fourth-order valence-corrected chi connectivity index (χ4v) is 1.83. The van der Waals surface area contributed by atoms with Crippen molar-refractivity contribution in [1.29, 1.82) is 0 Å². The van der Waals surface area contributed by atoms with Crippen molar-refractivity contribution in [3.05, 3.63) is 71.3 Å². The molecule has 2 aromatic carbocycles. The van der Waals surface area contributed by atoms with E-state index >= 15 is 0 Å². The van der Waals surface area contributed by atoms with E-state index in [0.717, 1.165) is 0 Å². The van der Waals surface area contributed by atoms with Gasteiger partial charge in [0.2, 0.25) is 5.91 Å². The standard InChI is InChI=1S/C15H13NO2/c16-14(17)10-12-8-4-5-9-13(12)15(18)11-6-2-1-3-7-11/h1-9H,10H2,(H2,16,17). The van der Waals surface area contributed by atoms with Crippen LogP contribution in [0.15, 0.2) is 54.6 Å². The van der Waals surface area contributed by atoms with Crippen molar-refractivity contribution in [3.8, 4) is 0 Å². The van der Waals surface area contributed by atoms with Gasteiger partial charge >= 0.3 is 0 Å². The monoisotopic (exact) mass is 239 g/mol. The molecule has 0 aliphatic rings. The topological polar surface area (TPSA) is 60.2 Å². The van der Waals surface area contributed by atoms with Crippen LogP contribution in [0.1, 0.15) is 21.5 Å². The summed E-state index contributed by atoms with van der Waals surface area (Å²) in [5, 5.41) is 0. The molecule has 0 fully saturated rings. The first-order valence-corrected chi connectivity index (χ1v) is 5.64. The van der Waals surface area contributed by atoms with Gasteiger partial charge in [-0.3, -0.25) is 9.59 Å². The third kappa shape index (κ3) is 2.63. The van der Waals surface area contributed by atoms with Crippen molar-refractivity contribution in [2.45, 2.75) is 6.42 Å². The summed E-state index contributed by atoms with van der Waals surface area (Å²) >= 11 is 0. The Kier molecular flexibility index (Phi) is 3.53. The summed E-state index contributed by atoms with van der Waals surface area (Å²) in [6.45, 7) is 0. The molecule has 1 amide bonds. The van der Waals surface area contributed by atoms with Gasteiger partial charge in [0.15, 0.2) is 5.78 Å². The summed E-state index contributed by atoms with van der Waals surface area (Å²) in [5.74, 6) is -0.532. The molecule has 0 radical (unpaired) electrons. The highest BCUT2D eigenvalue weighted by atomic mass is 16.1. The average Bonchev–Trinajstić information content (AvgIpc) is 2.39. The quantitative estimate of drug-likeness (QED) is 0.829. The Morgan fingerprint density at radius 1 is 0.889 bits per heavy atom. The molecule has 0 heterocycles. The lowest BCUT2D eigenvalue weighted by Gasteiger charge is -2.06.